The van der Waals surface area contributed by atoms with Crippen LogP contribution in [-0.4, -0.2) is 27.6 Å². The van der Waals surface area contributed by atoms with Crippen LogP contribution in [0.1, 0.15) is 35.6 Å². The van der Waals surface area contributed by atoms with Crippen molar-refractivity contribution in [1.82, 2.24) is 4.90 Å². The highest BCUT2D eigenvalue weighted by Crippen LogP contribution is 2.35. The lowest BCUT2D eigenvalue weighted by molar-refractivity contribution is -0.122. The number of amides is 1. The van der Waals surface area contributed by atoms with E-state index >= 15 is 0 Å². The Morgan fingerprint density at radius 3 is 2.33 bits per heavy atom. The minimum absolute atomic E-state index is 0.0175. The van der Waals surface area contributed by atoms with Crippen molar-refractivity contribution < 1.29 is 9.90 Å². The van der Waals surface area contributed by atoms with Crippen molar-refractivity contribution in [2.75, 3.05) is 6.54 Å². The normalized spacial score (nSPS) is 17.3. The predicted octanol–water partition coefficient (Wildman–Crippen LogP) is 5.33. The van der Waals surface area contributed by atoms with Gasteiger partial charge in [-0.3, -0.25) is 9.69 Å². The van der Waals surface area contributed by atoms with E-state index in [9.17, 15) is 9.90 Å². The molecule has 27 heavy (non-hydrogen) atoms. The van der Waals surface area contributed by atoms with Crippen LogP contribution in [-0.2, 0) is 4.79 Å². The molecule has 2 aromatic rings. The van der Waals surface area contributed by atoms with Crippen LogP contribution in [0.4, 0.5) is 5.69 Å². The van der Waals surface area contributed by atoms with E-state index in [2.05, 4.69) is 6.92 Å². The van der Waals surface area contributed by atoms with Gasteiger partial charge in [0.15, 0.2) is 5.17 Å². The predicted molar refractivity (Wildman–Crippen MR) is 113 cm³/mol. The van der Waals surface area contributed by atoms with Crippen molar-refractivity contribution in [2.24, 2.45) is 4.99 Å². The van der Waals surface area contributed by atoms with Crippen LogP contribution in [0, 0.1) is 20.8 Å². The van der Waals surface area contributed by atoms with Crippen LogP contribution >= 0.6 is 11.8 Å². The summed E-state index contributed by atoms with van der Waals surface area (Å²) in [6, 6.07) is 11.7. The van der Waals surface area contributed by atoms with Crippen LogP contribution in [0.5, 0.6) is 5.75 Å². The highest BCUT2D eigenvalue weighted by atomic mass is 32.2. The Bertz CT molecular complexity index is 907. The fourth-order valence-corrected chi connectivity index (χ4v) is 3.99. The van der Waals surface area contributed by atoms with E-state index in [1.165, 1.54) is 17.3 Å². The summed E-state index contributed by atoms with van der Waals surface area (Å²) >= 11 is 1.40. The number of aromatic hydroxyl groups is 1. The van der Waals surface area contributed by atoms with Crippen LogP contribution in [0.3, 0.4) is 0 Å². The minimum atomic E-state index is -0.0175. The molecule has 0 aliphatic carbocycles. The molecule has 0 saturated carbocycles. The number of rotatable bonds is 4. The zero-order chi connectivity index (χ0) is 19.6. The summed E-state index contributed by atoms with van der Waals surface area (Å²) in [7, 11) is 0. The molecule has 1 aliphatic heterocycles. The molecule has 2 aromatic carbocycles. The fourth-order valence-electron chi connectivity index (χ4n) is 2.97. The maximum absolute atomic E-state index is 12.9. The van der Waals surface area contributed by atoms with Crippen LogP contribution < -0.4 is 0 Å². The maximum atomic E-state index is 12.9. The summed E-state index contributed by atoms with van der Waals surface area (Å²) in [5.41, 5.74) is 4.53. The third-order valence-corrected chi connectivity index (χ3v) is 5.41. The second kappa shape index (κ2) is 8.01. The Morgan fingerprint density at radius 2 is 1.74 bits per heavy atom. The van der Waals surface area contributed by atoms with Crippen molar-refractivity contribution >= 4 is 34.6 Å². The summed E-state index contributed by atoms with van der Waals surface area (Å²) in [4.78, 5) is 20.0. The molecule has 1 N–H and O–H groups in total. The first-order chi connectivity index (χ1) is 12.9. The number of phenolic OH excluding ortho intramolecular Hbond substituents is 1. The standard InChI is InChI=1S/C22H24N2O2S/c1-5-10-24-21(26)19(13-17-11-15(3)20(25)16(4)12-17)27-22(24)23-18-8-6-14(2)7-9-18/h6-9,11-13,25H,5,10H2,1-4H3/b19-13+,23-22?. The summed E-state index contributed by atoms with van der Waals surface area (Å²) in [5, 5.41) is 10.7. The first kappa shape index (κ1) is 19.2. The van der Waals surface area contributed by atoms with Gasteiger partial charge in [0.2, 0.25) is 0 Å². The van der Waals surface area contributed by atoms with E-state index < -0.39 is 0 Å². The number of aliphatic imine (C=N–C) groups is 1. The molecule has 1 heterocycles. The Balaban J connectivity index is 1.96. The third-order valence-electron chi connectivity index (χ3n) is 4.41. The van der Waals surface area contributed by atoms with Crippen molar-refractivity contribution in [2.45, 2.75) is 34.1 Å². The molecule has 1 aliphatic rings. The SMILES string of the molecule is CCCN1C(=O)/C(=C\c2cc(C)c(O)c(C)c2)SC1=Nc1ccc(C)cc1. The number of hydrogen-bond donors (Lipinski definition) is 1. The average Bonchev–Trinajstić information content (AvgIpc) is 2.91. The monoisotopic (exact) mass is 380 g/mol. The number of hydrogen-bond acceptors (Lipinski definition) is 4. The van der Waals surface area contributed by atoms with Crippen molar-refractivity contribution in [3.63, 3.8) is 0 Å². The molecule has 3 rings (SSSR count). The molecule has 140 valence electrons. The van der Waals surface area contributed by atoms with Crippen molar-refractivity contribution in [1.29, 1.82) is 0 Å². The molecular weight excluding hydrogens is 356 g/mol. The zero-order valence-corrected chi connectivity index (χ0v) is 16.9. The Hall–Kier alpha value is -2.53. The molecule has 0 radical (unpaired) electrons. The second-order valence-corrected chi connectivity index (χ2v) is 7.81. The third kappa shape index (κ3) is 4.25. The van der Waals surface area contributed by atoms with Gasteiger partial charge in [0.1, 0.15) is 5.75 Å². The first-order valence-corrected chi connectivity index (χ1v) is 9.87. The topological polar surface area (TPSA) is 52.9 Å². The van der Waals surface area contributed by atoms with Crippen molar-refractivity contribution in [3.05, 3.63) is 63.6 Å². The van der Waals surface area contributed by atoms with Gasteiger partial charge in [-0.25, -0.2) is 4.99 Å². The van der Waals surface area contributed by atoms with E-state index in [4.69, 9.17) is 4.99 Å². The van der Waals surface area contributed by atoms with Gasteiger partial charge >= 0.3 is 0 Å². The van der Waals surface area contributed by atoms with Gasteiger partial charge in [0.25, 0.3) is 5.91 Å². The number of carbonyl (C=O) groups is 1. The van der Waals surface area contributed by atoms with Gasteiger partial charge in [-0.15, -0.1) is 0 Å². The Kier molecular flexibility index (Phi) is 5.71. The van der Waals surface area contributed by atoms with E-state index in [-0.39, 0.29) is 5.91 Å². The maximum Gasteiger partial charge on any atom is 0.266 e. The number of carbonyl (C=O) groups excluding carboxylic acids is 1. The molecule has 0 bridgehead atoms. The lowest BCUT2D eigenvalue weighted by Gasteiger charge is -2.14. The van der Waals surface area contributed by atoms with Gasteiger partial charge in [-0.1, -0.05) is 24.6 Å². The van der Waals surface area contributed by atoms with Crippen LogP contribution in [0.25, 0.3) is 6.08 Å². The highest BCUT2D eigenvalue weighted by molar-refractivity contribution is 8.18. The summed E-state index contributed by atoms with van der Waals surface area (Å²) in [5.74, 6) is 0.285. The van der Waals surface area contributed by atoms with E-state index in [0.717, 1.165) is 28.8 Å². The van der Waals surface area contributed by atoms with E-state index in [0.29, 0.717) is 22.4 Å². The zero-order valence-electron chi connectivity index (χ0n) is 16.1. The Morgan fingerprint density at radius 1 is 1.11 bits per heavy atom. The quantitative estimate of drug-likeness (QED) is 0.729. The lowest BCUT2D eigenvalue weighted by atomic mass is 10.1. The molecule has 5 heteroatoms. The summed E-state index contributed by atoms with van der Waals surface area (Å²) in [6.07, 6.45) is 2.75. The van der Waals surface area contributed by atoms with Gasteiger partial charge in [-0.2, -0.15) is 0 Å². The average molecular weight is 381 g/mol. The lowest BCUT2D eigenvalue weighted by Crippen LogP contribution is -2.29. The summed E-state index contributed by atoms with van der Waals surface area (Å²) < 4.78 is 0. The van der Waals surface area contributed by atoms with E-state index in [1.807, 2.05) is 63.2 Å². The van der Waals surface area contributed by atoms with Gasteiger partial charge in [0.05, 0.1) is 10.6 Å². The molecule has 4 nitrogen and oxygen atoms in total. The number of nitrogens with zero attached hydrogens (tertiary/aromatic N) is 2. The first-order valence-electron chi connectivity index (χ1n) is 9.06. The smallest absolute Gasteiger partial charge is 0.266 e. The van der Waals surface area contributed by atoms with E-state index in [1.54, 1.807) is 4.90 Å². The molecule has 0 atom stereocenters. The largest absolute Gasteiger partial charge is 0.507 e. The molecule has 1 fully saturated rings. The summed E-state index contributed by atoms with van der Waals surface area (Å²) in [6.45, 7) is 8.46. The molecule has 0 unspecified atom stereocenters. The van der Waals surface area contributed by atoms with Gasteiger partial charge in [0, 0.05) is 6.54 Å². The van der Waals surface area contributed by atoms with Gasteiger partial charge in [-0.05, 0) is 86.0 Å². The molecule has 1 saturated heterocycles. The number of aryl methyl sites for hydroxylation is 3. The molecule has 0 spiro atoms. The Labute approximate surface area is 164 Å². The minimum Gasteiger partial charge on any atom is -0.507 e. The molecule has 0 aromatic heterocycles. The number of benzene rings is 2. The highest BCUT2D eigenvalue weighted by Gasteiger charge is 2.32. The number of amidine groups is 1. The van der Waals surface area contributed by atoms with Crippen LogP contribution in [0.15, 0.2) is 46.3 Å². The number of phenols is 1. The molecule has 1 amide bonds. The fraction of sp³-hybridized carbons (Fsp3) is 0.273. The van der Waals surface area contributed by atoms with Crippen LogP contribution in [0.2, 0.25) is 0 Å². The molecular formula is C22H24N2O2S. The van der Waals surface area contributed by atoms with Crippen molar-refractivity contribution in [3.8, 4) is 5.75 Å². The second-order valence-electron chi connectivity index (χ2n) is 6.80. The van der Waals surface area contributed by atoms with Gasteiger partial charge < -0.3 is 5.11 Å². The number of thioether (sulfide) groups is 1.